The van der Waals surface area contributed by atoms with E-state index >= 15 is 0 Å². The molecule has 0 aliphatic rings. The molecule has 0 aromatic heterocycles. The second-order valence-electron chi connectivity index (χ2n) is 9.55. The lowest BCUT2D eigenvalue weighted by atomic mass is 10.1. The number of rotatable bonds is 10. The van der Waals surface area contributed by atoms with Crippen LogP contribution in [0.25, 0.3) is 0 Å². The highest BCUT2D eigenvalue weighted by Crippen LogP contribution is 2.26. The van der Waals surface area contributed by atoms with Crippen molar-refractivity contribution >= 4 is 33.4 Å². The number of amides is 2. The molecule has 212 valence electrons. The quantitative estimate of drug-likeness (QED) is 0.266. The van der Waals surface area contributed by atoms with Crippen LogP contribution in [0.15, 0.2) is 103 Å². The molecule has 0 spiro atoms. The number of hydrogen-bond donors (Lipinski definition) is 2. The Hall–Kier alpha value is -4.54. The summed E-state index contributed by atoms with van der Waals surface area (Å²) in [5.41, 5.74) is 2.38. The first-order valence-corrected chi connectivity index (χ1v) is 14.3. The fourth-order valence-electron chi connectivity index (χ4n) is 4.15. The van der Waals surface area contributed by atoms with Gasteiger partial charge < -0.3 is 10.6 Å². The molecule has 4 rings (SSSR count). The minimum absolute atomic E-state index is 0.0838. The summed E-state index contributed by atoms with van der Waals surface area (Å²) < 4.78 is 42.5. The van der Waals surface area contributed by atoms with Crippen molar-refractivity contribution in [2.75, 3.05) is 23.7 Å². The maximum Gasteiger partial charge on any atom is 0.303 e. The van der Waals surface area contributed by atoms with Gasteiger partial charge in [0.05, 0.1) is 29.5 Å². The van der Waals surface area contributed by atoms with E-state index in [1.165, 1.54) is 32.3 Å². The molecule has 0 bridgehead atoms. The Morgan fingerprint density at radius 1 is 0.805 bits per heavy atom. The van der Waals surface area contributed by atoms with Crippen LogP contribution in [-0.4, -0.2) is 38.6 Å². The van der Waals surface area contributed by atoms with Gasteiger partial charge >= 0.3 is 10.2 Å². The lowest BCUT2D eigenvalue weighted by Gasteiger charge is -2.27. The molecular weight excluding hydrogens is 543 g/mol. The first-order chi connectivity index (χ1) is 19.6. The van der Waals surface area contributed by atoms with Crippen LogP contribution in [0.4, 0.5) is 15.8 Å². The van der Waals surface area contributed by atoms with Crippen molar-refractivity contribution in [1.29, 1.82) is 0 Å². The van der Waals surface area contributed by atoms with Gasteiger partial charge in [-0.3, -0.25) is 13.9 Å². The summed E-state index contributed by atoms with van der Waals surface area (Å²) in [5.74, 6) is -1.45. The van der Waals surface area contributed by atoms with Crippen molar-refractivity contribution in [2.24, 2.45) is 0 Å². The Morgan fingerprint density at radius 2 is 1.41 bits per heavy atom. The molecule has 4 aromatic carbocycles. The lowest BCUT2D eigenvalue weighted by Crippen LogP contribution is -2.40. The second kappa shape index (κ2) is 12.8. The summed E-state index contributed by atoms with van der Waals surface area (Å²) in [5, 5.41) is 5.75. The van der Waals surface area contributed by atoms with E-state index < -0.39 is 21.9 Å². The Balaban J connectivity index is 1.50. The van der Waals surface area contributed by atoms with E-state index in [1.807, 2.05) is 37.3 Å². The van der Waals surface area contributed by atoms with E-state index in [0.29, 0.717) is 22.4 Å². The van der Waals surface area contributed by atoms with E-state index in [2.05, 4.69) is 10.6 Å². The average molecular weight is 575 g/mol. The number of nitrogens with one attached hydrogen (secondary N) is 2. The zero-order valence-electron chi connectivity index (χ0n) is 22.9. The summed E-state index contributed by atoms with van der Waals surface area (Å²) in [6.07, 6.45) is 0. The molecule has 0 fully saturated rings. The molecule has 41 heavy (non-hydrogen) atoms. The van der Waals surface area contributed by atoms with Crippen molar-refractivity contribution in [2.45, 2.75) is 19.5 Å². The van der Waals surface area contributed by atoms with Gasteiger partial charge in [0.25, 0.3) is 11.8 Å². The maximum absolute atomic E-state index is 14.6. The molecule has 1 atom stereocenters. The molecule has 0 heterocycles. The summed E-state index contributed by atoms with van der Waals surface area (Å²) in [4.78, 5) is 26.1. The minimum Gasteiger partial charge on any atom is -0.345 e. The van der Waals surface area contributed by atoms with Gasteiger partial charge in [0, 0.05) is 19.7 Å². The number of benzene rings is 4. The van der Waals surface area contributed by atoms with Crippen molar-refractivity contribution in [3.05, 3.63) is 131 Å². The molecule has 2 N–H and O–H groups in total. The summed E-state index contributed by atoms with van der Waals surface area (Å²) in [6.45, 7) is 1.74. The largest absolute Gasteiger partial charge is 0.345 e. The lowest BCUT2D eigenvalue weighted by molar-refractivity contribution is 0.0940. The van der Waals surface area contributed by atoms with E-state index in [1.54, 1.807) is 54.6 Å². The van der Waals surface area contributed by atoms with Crippen LogP contribution in [0.1, 0.15) is 44.8 Å². The van der Waals surface area contributed by atoms with Crippen molar-refractivity contribution in [3.63, 3.8) is 0 Å². The Morgan fingerprint density at radius 3 is 2.07 bits per heavy atom. The summed E-state index contributed by atoms with van der Waals surface area (Å²) in [7, 11) is -1.27. The van der Waals surface area contributed by atoms with Gasteiger partial charge in [0.2, 0.25) is 0 Å². The van der Waals surface area contributed by atoms with Crippen LogP contribution in [0.2, 0.25) is 0 Å². The zero-order chi connectivity index (χ0) is 29.6. The van der Waals surface area contributed by atoms with Crippen molar-refractivity contribution in [3.8, 4) is 0 Å². The number of para-hydroxylation sites is 2. The number of hydrogen-bond acceptors (Lipinski definition) is 4. The molecule has 2 amide bonds. The molecule has 8 nitrogen and oxygen atoms in total. The van der Waals surface area contributed by atoms with Crippen LogP contribution in [0, 0.1) is 5.82 Å². The van der Waals surface area contributed by atoms with E-state index in [0.717, 1.165) is 14.2 Å². The molecule has 0 aliphatic heterocycles. The molecule has 0 saturated heterocycles. The van der Waals surface area contributed by atoms with Crippen LogP contribution in [-0.2, 0) is 16.8 Å². The van der Waals surface area contributed by atoms with Gasteiger partial charge in [-0.2, -0.15) is 12.7 Å². The van der Waals surface area contributed by atoms with Crippen molar-refractivity contribution < 1.29 is 22.4 Å². The molecule has 0 radical (unpaired) electrons. The third-order valence-electron chi connectivity index (χ3n) is 6.47. The highest BCUT2D eigenvalue weighted by atomic mass is 32.2. The van der Waals surface area contributed by atoms with Crippen LogP contribution >= 0.6 is 0 Å². The zero-order valence-corrected chi connectivity index (χ0v) is 23.7. The van der Waals surface area contributed by atoms with E-state index in [-0.39, 0.29) is 24.2 Å². The summed E-state index contributed by atoms with van der Waals surface area (Å²) >= 11 is 0. The Bertz CT molecular complexity index is 1630. The van der Waals surface area contributed by atoms with E-state index in [9.17, 15) is 22.4 Å². The Labute approximate surface area is 239 Å². The predicted molar refractivity (Wildman–Crippen MR) is 158 cm³/mol. The monoisotopic (exact) mass is 574 g/mol. The van der Waals surface area contributed by atoms with Crippen LogP contribution in [0.3, 0.4) is 0 Å². The first kappa shape index (κ1) is 29.4. The van der Waals surface area contributed by atoms with Crippen LogP contribution in [0.5, 0.6) is 0 Å². The topological polar surface area (TPSA) is 98.8 Å². The first-order valence-electron chi connectivity index (χ1n) is 12.9. The average Bonchev–Trinajstić information content (AvgIpc) is 2.97. The van der Waals surface area contributed by atoms with Crippen LogP contribution < -0.4 is 14.9 Å². The maximum atomic E-state index is 14.6. The minimum atomic E-state index is -4.01. The highest BCUT2D eigenvalue weighted by molar-refractivity contribution is 7.90. The SMILES string of the molecule is CC(NC(=O)c1ccccc1NC(=O)c1ccc(CN(c2ccccc2F)S(=O)(=O)N(C)C)cc1)c1ccccc1. The molecule has 0 saturated carbocycles. The third kappa shape index (κ3) is 6.97. The van der Waals surface area contributed by atoms with Crippen molar-refractivity contribution in [1.82, 2.24) is 9.62 Å². The fraction of sp³-hybridized carbons (Fsp3) is 0.161. The smallest absolute Gasteiger partial charge is 0.303 e. The molecule has 0 aliphatic carbocycles. The number of nitrogens with zero attached hydrogens (tertiary/aromatic N) is 2. The second-order valence-corrected chi connectivity index (χ2v) is 11.6. The molecule has 1 unspecified atom stereocenters. The summed E-state index contributed by atoms with van der Waals surface area (Å²) in [6, 6.07) is 28.0. The van der Waals surface area contributed by atoms with E-state index in [4.69, 9.17) is 0 Å². The van der Waals surface area contributed by atoms with Gasteiger partial charge in [-0.1, -0.05) is 66.7 Å². The molecular formula is C31H31FN4O4S. The molecule has 4 aromatic rings. The van der Waals surface area contributed by atoms with Gasteiger partial charge in [-0.25, -0.2) is 4.39 Å². The van der Waals surface area contributed by atoms with Gasteiger partial charge in [-0.05, 0) is 54.4 Å². The predicted octanol–water partition coefficient (Wildman–Crippen LogP) is 5.38. The number of anilines is 2. The normalized spacial score (nSPS) is 12.0. The standard InChI is InChI=1S/C31H31FN4O4S/c1-22(24-11-5-4-6-12-24)33-31(38)26-13-7-9-15-28(26)34-30(37)25-19-17-23(18-20-25)21-36(41(39,40)35(2)3)29-16-10-8-14-27(29)32/h4-20,22H,21H2,1-3H3,(H,33,38)(H,34,37). The van der Waals surface area contributed by atoms with Gasteiger partial charge in [0.15, 0.2) is 0 Å². The Kier molecular flexibility index (Phi) is 9.16. The number of halogens is 1. The number of carbonyl (C=O) groups excluding carboxylic acids is 2. The number of carbonyl (C=O) groups is 2. The highest BCUT2D eigenvalue weighted by Gasteiger charge is 2.27. The third-order valence-corrected chi connectivity index (χ3v) is 8.28. The fourth-order valence-corrected chi connectivity index (χ4v) is 5.26. The van der Waals surface area contributed by atoms with Gasteiger partial charge in [-0.15, -0.1) is 0 Å². The van der Waals surface area contributed by atoms with Gasteiger partial charge in [0.1, 0.15) is 5.82 Å². The molecule has 10 heteroatoms.